The van der Waals surface area contributed by atoms with E-state index in [9.17, 15) is 19.2 Å². The monoisotopic (exact) mass is 345 g/mol. The number of benzene rings is 1. The van der Waals surface area contributed by atoms with Crippen molar-refractivity contribution in [3.05, 3.63) is 35.0 Å². The van der Waals surface area contributed by atoms with Crippen molar-refractivity contribution in [1.29, 1.82) is 0 Å². The number of fused-ring (bicyclic) bond motifs is 1. The number of esters is 1. The summed E-state index contributed by atoms with van der Waals surface area (Å²) in [6.07, 6.45) is -0.157. The molecule has 0 bridgehead atoms. The van der Waals surface area contributed by atoms with Crippen molar-refractivity contribution < 1.29 is 23.9 Å². The number of Topliss-reactive ketones (excluding diaryl/α,β-unsaturated/α-hetero) is 1. The van der Waals surface area contributed by atoms with Gasteiger partial charge in [0, 0.05) is 28.6 Å². The van der Waals surface area contributed by atoms with E-state index in [4.69, 9.17) is 16.2 Å². The molecule has 0 aliphatic rings. The Morgan fingerprint density at radius 1 is 1.12 bits per heavy atom. The summed E-state index contributed by atoms with van der Waals surface area (Å²) in [5.41, 5.74) is 11.9. The van der Waals surface area contributed by atoms with Crippen LogP contribution >= 0.6 is 0 Å². The average Bonchev–Trinajstić information content (AvgIpc) is 2.88. The number of nitrogens with two attached hydrogens (primary N) is 2. The molecule has 0 radical (unpaired) electrons. The Kier molecular flexibility index (Phi) is 5.53. The Morgan fingerprint density at radius 3 is 2.44 bits per heavy atom. The molecule has 1 aromatic carbocycles. The van der Waals surface area contributed by atoms with Crippen molar-refractivity contribution in [2.75, 3.05) is 6.61 Å². The molecule has 0 atom stereocenters. The van der Waals surface area contributed by atoms with Gasteiger partial charge in [0.1, 0.15) is 0 Å². The maximum atomic E-state index is 12.2. The van der Waals surface area contributed by atoms with Crippen LogP contribution in [0, 0.1) is 0 Å². The zero-order valence-corrected chi connectivity index (χ0v) is 13.8. The first kappa shape index (κ1) is 18.2. The second-order valence-corrected chi connectivity index (χ2v) is 5.47. The number of aromatic amines is 1. The zero-order valence-electron chi connectivity index (χ0n) is 13.8. The first-order valence-corrected chi connectivity index (χ1v) is 7.75. The van der Waals surface area contributed by atoms with E-state index in [-0.39, 0.29) is 37.2 Å². The molecule has 0 aliphatic heterocycles. The van der Waals surface area contributed by atoms with Gasteiger partial charge in [-0.2, -0.15) is 0 Å². The first-order chi connectivity index (χ1) is 11.8. The van der Waals surface area contributed by atoms with Crippen molar-refractivity contribution in [3.63, 3.8) is 0 Å². The fourth-order valence-corrected chi connectivity index (χ4v) is 2.61. The summed E-state index contributed by atoms with van der Waals surface area (Å²) in [6.45, 7) is 1.96. The molecule has 0 spiro atoms. The maximum Gasteiger partial charge on any atom is 0.306 e. The number of amides is 2. The lowest BCUT2D eigenvalue weighted by molar-refractivity contribution is -0.143. The maximum absolute atomic E-state index is 12.2. The summed E-state index contributed by atoms with van der Waals surface area (Å²) in [5, 5.41) is 0.505. The number of ether oxygens (including phenoxy) is 1. The van der Waals surface area contributed by atoms with Crippen molar-refractivity contribution in [3.8, 4) is 0 Å². The van der Waals surface area contributed by atoms with Crippen LogP contribution in [0.4, 0.5) is 0 Å². The van der Waals surface area contributed by atoms with Gasteiger partial charge in [0.25, 0.3) is 5.91 Å². The molecule has 0 saturated heterocycles. The molecule has 8 nitrogen and oxygen atoms in total. The Bertz CT molecular complexity index is 853. The van der Waals surface area contributed by atoms with Crippen LogP contribution in [0.2, 0.25) is 0 Å². The van der Waals surface area contributed by atoms with Crippen molar-refractivity contribution in [2.45, 2.75) is 26.2 Å². The number of primary amides is 2. The first-order valence-electron chi connectivity index (χ1n) is 7.75. The van der Waals surface area contributed by atoms with Crippen LogP contribution in [0.15, 0.2) is 18.2 Å². The standard InChI is InChI=1S/C17H19N3O5/c1-2-25-15(23)6-5-13(21)9-3-4-10-11(7-9)20-12(8-14(18)22)16(10)17(19)24/h3-4,7,20H,2,5-6,8H2,1H3,(H2,18,22)(H2,19,24). The third-order valence-electron chi connectivity index (χ3n) is 3.66. The molecule has 2 amide bonds. The van der Waals surface area contributed by atoms with E-state index in [1.807, 2.05) is 0 Å². The van der Waals surface area contributed by atoms with E-state index in [1.54, 1.807) is 25.1 Å². The normalized spacial score (nSPS) is 10.6. The van der Waals surface area contributed by atoms with Crippen LogP contribution in [0.5, 0.6) is 0 Å². The Hall–Kier alpha value is -3.16. The van der Waals surface area contributed by atoms with E-state index in [1.165, 1.54) is 0 Å². The van der Waals surface area contributed by atoms with Crippen LogP contribution in [0.25, 0.3) is 10.9 Å². The molecular weight excluding hydrogens is 326 g/mol. The zero-order chi connectivity index (χ0) is 18.6. The van der Waals surface area contributed by atoms with Crippen molar-refractivity contribution in [2.24, 2.45) is 11.5 Å². The summed E-state index contributed by atoms with van der Waals surface area (Å²) >= 11 is 0. The predicted molar refractivity (Wildman–Crippen MR) is 89.9 cm³/mol. The highest BCUT2D eigenvalue weighted by Crippen LogP contribution is 2.24. The second kappa shape index (κ2) is 7.61. The molecule has 0 aliphatic carbocycles. The molecule has 25 heavy (non-hydrogen) atoms. The van der Waals surface area contributed by atoms with Gasteiger partial charge in [-0.15, -0.1) is 0 Å². The lowest BCUT2D eigenvalue weighted by atomic mass is 10.0. The van der Waals surface area contributed by atoms with Crippen LogP contribution in [-0.2, 0) is 20.7 Å². The van der Waals surface area contributed by atoms with Gasteiger partial charge in [-0.25, -0.2) is 0 Å². The highest BCUT2D eigenvalue weighted by Gasteiger charge is 2.19. The van der Waals surface area contributed by atoms with E-state index in [0.29, 0.717) is 22.2 Å². The number of H-pyrrole nitrogens is 1. The SMILES string of the molecule is CCOC(=O)CCC(=O)c1ccc2c(C(N)=O)c(CC(N)=O)[nH]c2c1. The van der Waals surface area contributed by atoms with Gasteiger partial charge < -0.3 is 21.2 Å². The van der Waals surface area contributed by atoms with E-state index in [0.717, 1.165) is 0 Å². The largest absolute Gasteiger partial charge is 0.466 e. The number of hydrogen-bond acceptors (Lipinski definition) is 5. The summed E-state index contributed by atoms with van der Waals surface area (Å²) in [6, 6.07) is 4.68. The molecule has 2 rings (SSSR count). The van der Waals surface area contributed by atoms with Crippen molar-refractivity contribution >= 4 is 34.5 Å². The highest BCUT2D eigenvalue weighted by molar-refractivity contribution is 6.10. The Morgan fingerprint density at radius 2 is 1.84 bits per heavy atom. The van der Waals surface area contributed by atoms with E-state index in [2.05, 4.69) is 4.98 Å². The average molecular weight is 345 g/mol. The van der Waals surface area contributed by atoms with Gasteiger partial charge in [-0.1, -0.05) is 12.1 Å². The van der Waals surface area contributed by atoms with E-state index < -0.39 is 17.8 Å². The molecule has 8 heteroatoms. The molecule has 1 heterocycles. The number of nitrogens with one attached hydrogen (secondary N) is 1. The number of carbonyl (C=O) groups is 4. The number of ketones is 1. The smallest absolute Gasteiger partial charge is 0.306 e. The molecule has 0 fully saturated rings. The van der Waals surface area contributed by atoms with Crippen LogP contribution in [-0.4, -0.2) is 35.2 Å². The number of aromatic nitrogens is 1. The molecule has 1 aromatic heterocycles. The fraction of sp³-hybridized carbons (Fsp3) is 0.294. The van der Waals surface area contributed by atoms with E-state index >= 15 is 0 Å². The van der Waals surface area contributed by atoms with Crippen LogP contribution < -0.4 is 11.5 Å². The quantitative estimate of drug-likeness (QED) is 0.479. The van der Waals surface area contributed by atoms with Crippen molar-refractivity contribution in [1.82, 2.24) is 4.98 Å². The minimum Gasteiger partial charge on any atom is -0.466 e. The Labute approximate surface area is 143 Å². The predicted octanol–water partition coefficient (Wildman–Crippen LogP) is 0.821. The minimum atomic E-state index is -0.691. The fourth-order valence-electron chi connectivity index (χ4n) is 2.61. The van der Waals surface area contributed by atoms with Gasteiger partial charge in [-0.3, -0.25) is 19.2 Å². The molecule has 5 N–H and O–H groups in total. The minimum absolute atomic E-state index is 0.00506. The molecule has 132 valence electrons. The Balaban J connectivity index is 2.30. The van der Waals surface area contributed by atoms with Gasteiger partial charge in [0.2, 0.25) is 5.91 Å². The molecule has 0 unspecified atom stereocenters. The van der Waals surface area contributed by atoms with Gasteiger partial charge in [0.15, 0.2) is 5.78 Å². The molecule has 2 aromatic rings. The van der Waals surface area contributed by atoms with Gasteiger partial charge in [-0.05, 0) is 13.0 Å². The van der Waals surface area contributed by atoms with Crippen LogP contribution in [0.1, 0.15) is 46.2 Å². The summed E-state index contributed by atoms with van der Waals surface area (Å²) in [4.78, 5) is 49.3. The third-order valence-corrected chi connectivity index (χ3v) is 3.66. The topological polar surface area (TPSA) is 145 Å². The molecule has 0 saturated carbocycles. The summed E-state index contributed by atoms with van der Waals surface area (Å²) < 4.78 is 4.79. The van der Waals surface area contributed by atoms with Gasteiger partial charge in [0.05, 0.1) is 25.0 Å². The molecular formula is C17H19N3O5. The number of hydrogen-bond donors (Lipinski definition) is 3. The van der Waals surface area contributed by atoms with Gasteiger partial charge >= 0.3 is 5.97 Å². The lowest BCUT2D eigenvalue weighted by Gasteiger charge is -2.02. The second-order valence-electron chi connectivity index (χ2n) is 5.47. The highest BCUT2D eigenvalue weighted by atomic mass is 16.5. The lowest BCUT2D eigenvalue weighted by Crippen LogP contribution is -2.18. The summed E-state index contributed by atoms with van der Waals surface area (Å²) in [5.74, 6) is -1.97. The van der Waals surface area contributed by atoms with Crippen LogP contribution in [0.3, 0.4) is 0 Å². The summed E-state index contributed by atoms with van der Waals surface area (Å²) in [7, 11) is 0. The third kappa shape index (κ3) is 4.23. The number of carbonyl (C=O) groups excluding carboxylic acids is 4. The number of rotatable bonds is 8.